The Hall–Kier alpha value is -4.08. The van der Waals surface area contributed by atoms with Gasteiger partial charge in [0.05, 0.1) is 19.1 Å². The number of hydrogen-bond acceptors (Lipinski definition) is 6. The molecule has 0 atom stereocenters. The van der Waals surface area contributed by atoms with Crippen LogP contribution in [-0.2, 0) is 4.79 Å². The predicted molar refractivity (Wildman–Crippen MR) is 133 cm³/mol. The fourth-order valence-electron chi connectivity index (χ4n) is 2.99. The van der Waals surface area contributed by atoms with Crippen molar-refractivity contribution in [3.8, 4) is 11.5 Å². The van der Waals surface area contributed by atoms with E-state index >= 15 is 0 Å². The van der Waals surface area contributed by atoms with Gasteiger partial charge in [-0.2, -0.15) is 0 Å². The molecule has 0 radical (unpaired) electrons. The van der Waals surface area contributed by atoms with Crippen molar-refractivity contribution >= 4 is 52.5 Å². The fourth-order valence-corrected chi connectivity index (χ4v) is 3.30. The average Bonchev–Trinajstić information content (AvgIpc) is 2.84. The summed E-state index contributed by atoms with van der Waals surface area (Å²) in [6.07, 6.45) is 1.43. The number of amides is 2. The minimum Gasteiger partial charge on any atom is -0.493 e. The molecule has 0 aliphatic rings. The molecule has 180 valence electrons. The van der Waals surface area contributed by atoms with Crippen molar-refractivity contribution in [1.82, 2.24) is 5.32 Å². The van der Waals surface area contributed by atoms with Gasteiger partial charge in [0.1, 0.15) is 10.7 Å². The molecule has 0 aliphatic carbocycles. The van der Waals surface area contributed by atoms with Gasteiger partial charge in [-0.3, -0.25) is 19.7 Å². The Bertz CT molecular complexity index is 1310. The van der Waals surface area contributed by atoms with Gasteiger partial charge in [-0.05, 0) is 60.2 Å². The SMILES string of the molecule is COc1ccc(C=C(NC(=O)c2ccc(Cl)cc2)C(=O)Nc2ccc(Cl)c([N+](=O)[O-])c2)cc1OC. The van der Waals surface area contributed by atoms with Crippen LogP contribution in [0.3, 0.4) is 0 Å². The Morgan fingerprint density at radius 1 is 0.943 bits per heavy atom. The van der Waals surface area contributed by atoms with Gasteiger partial charge in [-0.1, -0.05) is 29.3 Å². The minimum atomic E-state index is -0.723. The molecule has 0 heterocycles. The number of carbonyl (C=O) groups excluding carboxylic acids is 2. The molecule has 3 aromatic rings. The quantitative estimate of drug-likeness (QED) is 0.237. The summed E-state index contributed by atoms with van der Waals surface area (Å²) in [5.41, 5.74) is 0.397. The predicted octanol–water partition coefficient (Wildman–Crippen LogP) is 5.33. The third-order valence-corrected chi connectivity index (χ3v) is 5.29. The van der Waals surface area contributed by atoms with Crippen molar-refractivity contribution in [3.05, 3.63) is 97.6 Å². The van der Waals surface area contributed by atoms with Gasteiger partial charge in [-0.15, -0.1) is 0 Å². The second-order valence-corrected chi connectivity index (χ2v) is 7.85. The van der Waals surface area contributed by atoms with Gasteiger partial charge in [0.25, 0.3) is 17.5 Å². The summed E-state index contributed by atoms with van der Waals surface area (Å²) in [5.74, 6) is -0.392. The molecule has 0 fully saturated rings. The van der Waals surface area contributed by atoms with Crippen LogP contribution in [0.2, 0.25) is 10.0 Å². The second kappa shape index (κ2) is 11.4. The van der Waals surface area contributed by atoms with Crippen molar-refractivity contribution in [3.63, 3.8) is 0 Å². The number of ether oxygens (including phenoxy) is 2. The molecule has 0 aliphatic heterocycles. The topological polar surface area (TPSA) is 120 Å². The van der Waals surface area contributed by atoms with Crippen LogP contribution < -0.4 is 20.1 Å². The molecule has 11 heteroatoms. The van der Waals surface area contributed by atoms with Gasteiger partial charge in [-0.25, -0.2) is 0 Å². The zero-order valence-corrected chi connectivity index (χ0v) is 20.0. The molecular formula is C24H19Cl2N3O6. The Balaban J connectivity index is 1.97. The van der Waals surface area contributed by atoms with E-state index in [9.17, 15) is 19.7 Å². The van der Waals surface area contributed by atoms with Gasteiger partial charge >= 0.3 is 0 Å². The highest BCUT2D eigenvalue weighted by Gasteiger charge is 2.18. The van der Waals surface area contributed by atoms with Crippen LogP contribution in [0.1, 0.15) is 15.9 Å². The zero-order chi connectivity index (χ0) is 25.5. The van der Waals surface area contributed by atoms with Gasteiger partial charge in [0, 0.05) is 22.3 Å². The molecule has 0 aromatic heterocycles. The number of nitrogens with zero attached hydrogens (tertiary/aromatic N) is 1. The van der Waals surface area contributed by atoms with E-state index in [1.54, 1.807) is 30.3 Å². The summed E-state index contributed by atoms with van der Waals surface area (Å²) in [5, 5.41) is 16.7. The number of methoxy groups -OCH3 is 2. The van der Waals surface area contributed by atoms with Gasteiger partial charge in [0.15, 0.2) is 11.5 Å². The first kappa shape index (κ1) is 25.5. The van der Waals surface area contributed by atoms with Crippen LogP contribution in [0.5, 0.6) is 11.5 Å². The summed E-state index contributed by atoms with van der Waals surface area (Å²) >= 11 is 11.7. The maximum atomic E-state index is 13.1. The van der Waals surface area contributed by atoms with E-state index in [0.29, 0.717) is 22.1 Å². The third-order valence-electron chi connectivity index (χ3n) is 4.72. The van der Waals surface area contributed by atoms with Gasteiger partial charge < -0.3 is 20.1 Å². The standard InChI is InChI=1S/C24H19Cl2N3O6/c1-34-21-10-3-14(12-22(21)35-2)11-19(28-23(30)15-4-6-16(25)7-5-15)24(31)27-17-8-9-18(26)20(13-17)29(32)33/h3-13H,1-2H3,(H,27,31)(H,28,30). The Morgan fingerprint density at radius 3 is 2.26 bits per heavy atom. The molecule has 3 aromatic carbocycles. The fraction of sp³-hybridized carbons (Fsp3) is 0.0833. The van der Waals surface area contributed by atoms with Crippen LogP contribution in [-0.4, -0.2) is 31.0 Å². The zero-order valence-electron chi connectivity index (χ0n) is 18.5. The first-order chi connectivity index (χ1) is 16.7. The van der Waals surface area contributed by atoms with Crippen molar-refractivity contribution in [2.24, 2.45) is 0 Å². The molecule has 0 saturated carbocycles. The largest absolute Gasteiger partial charge is 0.493 e. The second-order valence-electron chi connectivity index (χ2n) is 7.01. The number of nitro groups is 1. The van der Waals surface area contributed by atoms with Crippen molar-refractivity contribution in [2.75, 3.05) is 19.5 Å². The number of nitro benzene ring substituents is 1. The average molecular weight is 516 g/mol. The molecule has 0 saturated heterocycles. The van der Waals surface area contributed by atoms with Crippen LogP contribution in [0.15, 0.2) is 66.4 Å². The van der Waals surface area contributed by atoms with Crippen molar-refractivity contribution in [1.29, 1.82) is 0 Å². The van der Waals surface area contributed by atoms with E-state index in [1.165, 1.54) is 44.6 Å². The molecule has 2 amide bonds. The highest BCUT2D eigenvalue weighted by Crippen LogP contribution is 2.29. The number of carbonyl (C=O) groups is 2. The van der Waals surface area contributed by atoms with Crippen LogP contribution in [0.25, 0.3) is 6.08 Å². The number of hydrogen-bond donors (Lipinski definition) is 2. The third kappa shape index (κ3) is 6.50. The highest BCUT2D eigenvalue weighted by atomic mass is 35.5. The number of rotatable bonds is 8. The summed E-state index contributed by atoms with van der Waals surface area (Å²) < 4.78 is 10.5. The molecule has 2 N–H and O–H groups in total. The number of halogens is 2. The van der Waals surface area contributed by atoms with E-state index < -0.39 is 16.7 Å². The summed E-state index contributed by atoms with van der Waals surface area (Å²) in [6, 6.07) is 14.8. The van der Waals surface area contributed by atoms with E-state index in [4.69, 9.17) is 32.7 Å². The van der Waals surface area contributed by atoms with Crippen LogP contribution in [0.4, 0.5) is 11.4 Å². The monoisotopic (exact) mass is 515 g/mol. The number of anilines is 1. The molecule has 0 bridgehead atoms. The maximum Gasteiger partial charge on any atom is 0.289 e. The first-order valence-electron chi connectivity index (χ1n) is 9.97. The lowest BCUT2D eigenvalue weighted by Gasteiger charge is -2.13. The van der Waals surface area contributed by atoms with Crippen LogP contribution in [0, 0.1) is 10.1 Å². The summed E-state index contributed by atoms with van der Waals surface area (Å²) in [4.78, 5) is 36.4. The molecule has 0 spiro atoms. The Morgan fingerprint density at radius 2 is 1.63 bits per heavy atom. The lowest BCUT2D eigenvalue weighted by atomic mass is 10.1. The van der Waals surface area contributed by atoms with E-state index in [-0.39, 0.29) is 27.7 Å². The van der Waals surface area contributed by atoms with E-state index in [2.05, 4.69) is 10.6 Å². The highest BCUT2D eigenvalue weighted by molar-refractivity contribution is 6.32. The lowest BCUT2D eigenvalue weighted by molar-refractivity contribution is -0.384. The lowest BCUT2D eigenvalue weighted by Crippen LogP contribution is -2.30. The molecule has 35 heavy (non-hydrogen) atoms. The number of nitrogens with one attached hydrogen (secondary N) is 2. The number of benzene rings is 3. The Labute approximate surface area is 210 Å². The first-order valence-corrected chi connectivity index (χ1v) is 10.7. The molecule has 9 nitrogen and oxygen atoms in total. The molecular weight excluding hydrogens is 497 g/mol. The minimum absolute atomic E-state index is 0.0786. The van der Waals surface area contributed by atoms with Crippen LogP contribution >= 0.6 is 23.2 Å². The van der Waals surface area contributed by atoms with E-state index in [1.807, 2.05) is 0 Å². The molecule has 3 rings (SSSR count). The molecule has 0 unspecified atom stereocenters. The Kier molecular flexibility index (Phi) is 8.30. The van der Waals surface area contributed by atoms with Gasteiger partial charge in [0.2, 0.25) is 0 Å². The normalized spacial score (nSPS) is 10.9. The smallest absolute Gasteiger partial charge is 0.289 e. The maximum absolute atomic E-state index is 13.1. The summed E-state index contributed by atoms with van der Waals surface area (Å²) in [7, 11) is 2.96. The van der Waals surface area contributed by atoms with Crippen molar-refractivity contribution < 1.29 is 24.0 Å². The van der Waals surface area contributed by atoms with Crippen molar-refractivity contribution in [2.45, 2.75) is 0 Å². The summed E-state index contributed by atoms with van der Waals surface area (Å²) in [6.45, 7) is 0. The van der Waals surface area contributed by atoms with E-state index in [0.717, 1.165) is 6.07 Å².